The zero-order chi connectivity index (χ0) is 24.7. The Bertz CT molecular complexity index is 1960. The molecule has 0 fully saturated rings. The number of hydrogen-bond donors (Lipinski definition) is 0. The van der Waals surface area contributed by atoms with Crippen molar-refractivity contribution in [2.24, 2.45) is 0 Å². The molecule has 0 bridgehead atoms. The largest absolute Gasteiger partial charge is 0.455 e. The molecule has 0 aliphatic heterocycles. The summed E-state index contributed by atoms with van der Waals surface area (Å²) in [6, 6.07) is 26.4. The Morgan fingerprint density at radius 3 is 2.43 bits per heavy atom. The highest BCUT2D eigenvalue weighted by Gasteiger charge is 2.49. The first kappa shape index (κ1) is 22.1. The molecule has 2 aliphatic rings. The molecule has 37 heavy (non-hydrogen) atoms. The van der Waals surface area contributed by atoms with Gasteiger partial charge in [-0.2, -0.15) is 0 Å². The van der Waals surface area contributed by atoms with Crippen molar-refractivity contribution in [2.45, 2.75) is 18.3 Å². The van der Waals surface area contributed by atoms with Crippen molar-refractivity contribution in [3.05, 3.63) is 128 Å². The van der Waals surface area contributed by atoms with Crippen LogP contribution < -0.4 is 0 Å². The van der Waals surface area contributed by atoms with Crippen molar-refractivity contribution in [2.75, 3.05) is 0 Å². The van der Waals surface area contributed by atoms with Gasteiger partial charge in [0.2, 0.25) is 0 Å². The van der Waals surface area contributed by atoms with Crippen LogP contribution in [-0.2, 0) is 5.41 Å². The molecule has 2 heterocycles. The predicted molar refractivity (Wildman–Crippen MR) is 163 cm³/mol. The van der Waals surface area contributed by atoms with Crippen LogP contribution in [0.1, 0.15) is 29.5 Å². The standard InChI is InChI=1S/C33H20Br2OS/c34-25-17-24-30(32-21(25)15-16-37-32)29-23(18-26(35)28-22-13-7-8-14-27(22)36-31(28)29)33(24,19-9-3-1-4-10-19)20-11-5-2-6-12-20/h1-5,7-11,13-18H,6,12H2. The van der Waals surface area contributed by atoms with Gasteiger partial charge in [0.05, 0.1) is 5.41 Å². The zero-order valence-corrected chi connectivity index (χ0v) is 23.7. The molecular weight excluding hydrogens is 604 g/mol. The topological polar surface area (TPSA) is 13.1 Å². The van der Waals surface area contributed by atoms with Gasteiger partial charge < -0.3 is 4.42 Å². The number of fused-ring (bicyclic) bond motifs is 9. The fourth-order valence-electron chi connectivity index (χ4n) is 6.62. The third-order valence-corrected chi connectivity index (χ3v) is 10.3. The second-order valence-corrected chi connectivity index (χ2v) is 12.4. The molecule has 0 saturated heterocycles. The lowest BCUT2D eigenvalue weighted by atomic mass is 9.65. The van der Waals surface area contributed by atoms with E-state index in [-0.39, 0.29) is 0 Å². The number of hydrogen-bond acceptors (Lipinski definition) is 2. The molecule has 178 valence electrons. The summed E-state index contributed by atoms with van der Waals surface area (Å²) in [7, 11) is 0. The Hall–Kier alpha value is -2.92. The molecule has 8 rings (SSSR count). The van der Waals surface area contributed by atoms with E-state index in [0.717, 1.165) is 43.7 Å². The molecule has 2 aromatic heterocycles. The maximum atomic E-state index is 6.73. The quantitative estimate of drug-likeness (QED) is 0.187. The Balaban J connectivity index is 1.66. The van der Waals surface area contributed by atoms with Crippen molar-refractivity contribution in [3.8, 4) is 11.1 Å². The normalized spacial score (nSPS) is 18.5. The second-order valence-electron chi connectivity index (χ2n) is 9.80. The minimum Gasteiger partial charge on any atom is -0.455 e. The molecule has 6 aromatic rings. The number of furan rings is 1. The second kappa shape index (κ2) is 8.04. The molecule has 0 spiro atoms. The van der Waals surface area contributed by atoms with Crippen LogP contribution in [0.15, 0.2) is 115 Å². The summed E-state index contributed by atoms with van der Waals surface area (Å²) in [6.45, 7) is 0. The zero-order valence-electron chi connectivity index (χ0n) is 19.7. The molecule has 2 aliphatic carbocycles. The lowest BCUT2D eigenvalue weighted by Crippen LogP contribution is -2.30. The lowest BCUT2D eigenvalue weighted by Gasteiger charge is -2.37. The molecule has 1 unspecified atom stereocenters. The van der Waals surface area contributed by atoms with Gasteiger partial charge in [0.1, 0.15) is 11.2 Å². The monoisotopic (exact) mass is 622 g/mol. The average molecular weight is 624 g/mol. The highest BCUT2D eigenvalue weighted by molar-refractivity contribution is 9.11. The molecule has 4 heteroatoms. The molecule has 0 amide bonds. The number of thiophene rings is 1. The minimum absolute atomic E-state index is 0.410. The van der Waals surface area contributed by atoms with Gasteiger partial charge in [-0.05, 0) is 59.2 Å². The van der Waals surface area contributed by atoms with Crippen molar-refractivity contribution in [3.63, 3.8) is 0 Å². The molecule has 1 nitrogen and oxygen atoms in total. The molecular formula is C33H20Br2OS. The number of benzene rings is 4. The smallest absolute Gasteiger partial charge is 0.144 e. The van der Waals surface area contributed by atoms with Crippen LogP contribution in [0.25, 0.3) is 43.2 Å². The van der Waals surface area contributed by atoms with Crippen molar-refractivity contribution < 1.29 is 4.42 Å². The third-order valence-electron chi connectivity index (χ3n) is 8.05. The summed E-state index contributed by atoms with van der Waals surface area (Å²) in [5.74, 6) is 0. The van der Waals surface area contributed by atoms with E-state index in [2.05, 4.69) is 128 Å². The highest BCUT2D eigenvalue weighted by atomic mass is 79.9. The van der Waals surface area contributed by atoms with Gasteiger partial charge in [0.15, 0.2) is 0 Å². The molecule has 0 N–H and O–H groups in total. The number of allylic oxidation sites excluding steroid dienone is 4. The fraction of sp³-hybridized carbons (Fsp3) is 0.0909. The summed E-state index contributed by atoms with van der Waals surface area (Å²) in [5.41, 5.74) is 9.35. The van der Waals surface area contributed by atoms with Gasteiger partial charge in [-0.1, -0.05) is 104 Å². The van der Waals surface area contributed by atoms with E-state index in [0.29, 0.717) is 0 Å². The Morgan fingerprint density at radius 2 is 1.59 bits per heavy atom. The van der Waals surface area contributed by atoms with Gasteiger partial charge in [-0.25, -0.2) is 0 Å². The van der Waals surface area contributed by atoms with Gasteiger partial charge in [0, 0.05) is 40.9 Å². The average Bonchev–Trinajstić information content (AvgIpc) is 3.63. The lowest BCUT2D eigenvalue weighted by molar-refractivity contribution is 0.666. The Morgan fingerprint density at radius 1 is 0.811 bits per heavy atom. The molecule has 4 aromatic carbocycles. The van der Waals surface area contributed by atoms with Crippen molar-refractivity contribution in [1.29, 1.82) is 0 Å². The van der Waals surface area contributed by atoms with Crippen molar-refractivity contribution >= 4 is 75.2 Å². The van der Waals surface area contributed by atoms with Crippen LogP contribution in [-0.4, -0.2) is 0 Å². The van der Waals surface area contributed by atoms with Gasteiger partial charge in [-0.3, -0.25) is 0 Å². The van der Waals surface area contributed by atoms with Crippen LogP contribution in [0, 0.1) is 0 Å². The third kappa shape index (κ3) is 2.84. The van der Waals surface area contributed by atoms with Crippen LogP contribution in [0.3, 0.4) is 0 Å². The van der Waals surface area contributed by atoms with E-state index in [1.54, 1.807) is 0 Å². The van der Waals surface area contributed by atoms with Gasteiger partial charge in [0.25, 0.3) is 0 Å². The van der Waals surface area contributed by atoms with E-state index in [4.69, 9.17) is 4.42 Å². The number of halogens is 2. The number of para-hydroxylation sites is 1. The molecule has 0 radical (unpaired) electrons. The maximum absolute atomic E-state index is 6.73. The van der Waals surface area contributed by atoms with Crippen LogP contribution >= 0.6 is 43.2 Å². The summed E-state index contributed by atoms with van der Waals surface area (Å²) in [6.07, 6.45) is 8.91. The first-order valence-electron chi connectivity index (χ1n) is 12.5. The van der Waals surface area contributed by atoms with Gasteiger partial charge >= 0.3 is 0 Å². The summed E-state index contributed by atoms with van der Waals surface area (Å²) in [5, 5.41) is 5.75. The SMILES string of the molecule is Brc1cc2c(c3sccc13)-c1c(cc(Br)c3c1oc1ccccc13)C2(C1=CC=CCC1)c1ccccc1. The summed E-state index contributed by atoms with van der Waals surface area (Å²) >= 11 is 9.77. The molecule has 1 atom stereocenters. The highest BCUT2D eigenvalue weighted by Crippen LogP contribution is 2.63. The minimum atomic E-state index is -0.410. The first-order chi connectivity index (χ1) is 18.2. The van der Waals surface area contributed by atoms with Crippen LogP contribution in [0.2, 0.25) is 0 Å². The summed E-state index contributed by atoms with van der Waals surface area (Å²) in [4.78, 5) is 0. The van der Waals surface area contributed by atoms with E-state index in [1.165, 1.54) is 43.5 Å². The van der Waals surface area contributed by atoms with E-state index >= 15 is 0 Å². The maximum Gasteiger partial charge on any atom is 0.144 e. The van der Waals surface area contributed by atoms with E-state index < -0.39 is 5.41 Å². The van der Waals surface area contributed by atoms with Crippen molar-refractivity contribution in [1.82, 2.24) is 0 Å². The first-order valence-corrected chi connectivity index (χ1v) is 14.9. The van der Waals surface area contributed by atoms with E-state index in [1.807, 2.05) is 11.3 Å². The molecule has 0 saturated carbocycles. The van der Waals surface area contributed by atoms with Crippen LogP contribution in [0.5, 0.6) is 0 Å². The Labute approximate surface area is 235 Å². The number of rotatable bonds is 2. The van der Waals surface area contributed by atoms with Gasteiger partial charge in [-0.15, -0.1) is 11.3 Å². The Kier molecular flexibility index (Phi) is 4.80. The summed E-state index contributed by atoms with van der Waals surface area (Å²) < 4.78 is 10.3. The fourth-order valence-corrected chi connectivity index (χ4v) is 8.91. The van der Waals surface area contributed by atoms with E-state index in [9.17, 15) is 0 Å². The van der Waals surface area contributed by atoms with Crippen LogP contribution in [0.4, 0.5) is 0 Å². The predicted octanol–water partition coefficient (Wildman–Crippen LogP) is 10.9.